The second-order valence-corrected chi connectivity index (χ2v) is 7.77. The van der Waals surface area contributed by atoms with Crippen LogP contribution in [0.5, 0.6) is 5.75 Å². The third-order valence-corrected chi connectivity index (χ3v) is 5.82. The molecule has 0 atom stereocenters. The van der Waals surface area contributed by atoms with Crippen molar-refractivity contribution in [1.29, 1.82) is 0 Å². The van der Waals surface area contributed by atoms with E-state index in [4.69, 9.17) is 0 Å². The van der Waals surface area contributed by atoms with Crippen molar-refractivity contribution >= 4 is 38.3 Å². The molecule has 0 unspecified atom stereocenters. The molecule has 1 aliphatic heterocycles. The summed E-state index contributed by atoms with van der Waals surface area (Å²) in [5, 5.41) is 11.4. The Balaban J connectivity index is 1.41. The minimum atomic E-state index is -4.76. The minimum Gasteiger partial charge on any atom is -0.406 e. The van der Waals surface area contributed by atoms with Crippen molar-refractivity contribution in [1.82, 2.24) is 9.88 Å². The van der Waals surface area contributed by atoms with E-state index in [1.807, 2.05) is 4.90 Å². The van der Waals surface area contributed by atoms with Gasteiger partial charge in [0.15, 0.2) is 5.13 Å². The average Bonchev–Trinajstić information content (AvgIpc) is 3.15. The fourth-order valence-electron chi connectivity index (χ4n) is 3.23. The summed E-state index contributed by atoms with van der Waals surface area (Å²) in [5.74, 6) is -0.512. The smallest absolute Gasteiger partial charge is 0.406 e. The highest BCUT2D eigenvalue weighted by molar-refractivity contribution is 7.22. The molecule has 2 aromatic carbocycles. The van der Waals surface area contributed by atoms with Crippen molar-refractivity contribution in [2.75, 3.05) is 31.1 Å². The number of aromatic nitrogens is 1. The number of anilines is 1. The maximum absolute atomic E-state index is 12.6. The number of nitro benzene ring substituents is 1. The van der Waals surface area contributed by atoms with E-state index >= 15 is 0 Å². The molecular formula is C19H15F3N4O4S. The van der Waals surface area contributed by atoms with Gasteiger partial charge in [-0.1, -0.05) is 11.3 Å². The monoisotopic (exact) mass is 452 g/mol. The molecule has 2 heterocycles. The number of hydrogen-bond acceptors (Lipinski definition) is 7. The van der Waals surface area contributed by atoms with Gasteiger partial charge in [-0.05, 0) is 24.3 Å². The molecule has 31 heavy (non-hydrogen) atoms. The number of thiazole rings is 1. The predicted molar refractivity (Wildman–Crippen MR) is 108 cm³/mol. The summed E-state index contributed by atoms with van der Waals surface area (Å²) in [7, 11) is 0. The van der Waals surface area contributed by atoms with Crippen LogP contribution >= 0.6 is 11.3 Å². The highest BCUT2D eigenvalue weighted by Gasteiger charge is 2.31. The number of ether oxygens (including phenoxy) is 1. The molecule has 0 saturated carbocycles. The van der Waals surface area contributed by atoms with Gasteiger partial charge >= 0.3 is 6.36 Å². The number of fused-ring (bicyclic) bond motifs is 1. The molecule has 0 bridgehead atoms. The Morgan fingerprint density at radius 2 is 1.77 bits per heavy atom. The van der Waals surface area contributed by atoms with Crippen LogP contribution in [0, 0.1) is 10.1 Å². The Hall–Kier alpha value is -3.41. The standard InChI is InChI=1S/C19H15F3N4O4S/c20-19(21,22)30-14-5-6-15-16(11-14)31-18(23-15)25-9-7-24(8-10-25)17(27)12-1-3-13(4-2-12)26(28)29/h1-6,11H,7-10H2. The lowest BCUT2D eigenvalue weighted by molar-refractivity contribution is -0.384. The van der Waals surface area contributed by atoms with Crippen LogP contribution < -0.4 is 9.64 Å². The summed E-state index contributed by atoms with van der Waals surface area (Å²) in [5.41, 5.74) is 0.858. The number of nitro groups is 1. The third-order valence-electron chi connectivity index (χ3n) is 4.74. The number of halogens is 3. The molecule has 0 N–H and O–H groups in total. The molecule has 1 aliphatic rings. The number of carbonyl (C=O) groups excluding carboxylic acids is 1. The lowest BCUT2D eigenvalue weighted by Crippen LogP contribution is -2.48. The molecule has 162 valence electrons. The first kappa shape index (κ1) is 20.8. The number of alkyl halides is 3. The Morgan fingerprint density at radius 3 is 2.39 bits per heavy atom. The first-order valence-corrected chi connectivity index (χ1v) is 9.96. The van der Waals surface area contributed by atoms with Crippen molar-refractivity contribution in [2.45, 2.75) is 6.36 Å². The normalized spacial score (nSPS) is 14.7. The first-order valence-electron chi connectivity index (χ1n) is 9.15. The topological polar surface area (TPSA) is 88.8 Å². The first-order chi connectivity index (χ1) is 14.7. The average molecular weight is 452 g/mol. The Labute approximate surface area is 177 Å². The van der Waals surface area contributed by atoms with Gasteiger partial charge in [0.05, 0.1) is 15.1 Å². The Bertz CT molecular complexity index is 1130. The second-order valence-electron chi connectivity index (χ2n) is 6.76. The van der Waals surface area contributed by atoms with E-state index < -0.39 is 11.3 Å². The number of benzene rings is 2. The number of nitrogens with zero attached hydrogens (tertiary/aromatic N) is 4. The van der Waals surface area contributed by atoms with Gasteiger partial charge in [0.2, 0.25) is 0 Å². The third kappa shape index (κ3) is 4.68. The summed E-state index contributed by atoms with van der Waals surface area (Å²) in [6, 6.07) is 9.45. The van der Waals surface area contributed by atoms with Crippen molar-refractivity contribution in [3.05, 3.63) is 58.1 Å². The maximum atomic E-state index is 12.6. The molecule has 12 heteroatoms. The second kappa shape index (κ2) is 8.02. The lowest BCUT2D eigenvalue weighted by Gasteiger charge is -2.34. The van der Waals surface area contributed by atoms with E-state index in [0.29, 0.717) is 47.1 Å². The van der Waals surface area contributed by atoms with Crippen LogP contribution in [0.15, 0.2) is 42.5 Å². The number of hydrogen-bond donors (Lipinski definition) is 0. The quantitative estimate of drug-likeness (QED) is 0.438. The van der Waals surface area contributed by atoms with Crippen LogP contribution in [0.3, 0.4) is 0 Å². The van der Waals surface area contributed by atoms with E-state index in [1.165, 1.54) is 53.8 Å². The number of carbonyl (C=O) groups is 1. The zero-order valence-electron chi connectivity index (χ0n) is 15.8. The molecule has 1 fully saturated rings. The van der Waals surface area contributed by atoms with Gasteiger partial charge in [0, 0.05) is 49.9 Å². The van der Waals surface area contributed by atoms with Crippen LogP contribution in [0.4, 0.5) is 24.0 Å². The van der Waals surface area contributed by atoms with Gasteiger partial charge in [-0.3, -0.25) is 14.9 Å². The Kier molecular flexibility index (Phi) is 5.39. The van der Waals surface area contributed by atoms with Gasteiger partial charge in [-0.2, -0.15) is 0 Å². The van der Waals surface area contributed by atoms with Gasteiger partial charge in [0.25, 0.3) is 11.6 Å². The van der Waals surface area contributed by atoms with Crippen molar-refractivity contribution < 1.29 is 27.6 Å². The van der Waals surface area contributed by atoms with Gasteiger partial charge in [0.1, 0.15) is 5.75 Å². The summed E-state index contributed by atoms with van der Waals surface area (Å²) in [6.07, 6.45) is -4.76. The molecule has 0 spiro atoms. The molecule has 1 saturated heterocycles. The highest BCUT2D eigenvalue weighted by atomic mass is 32.1. The molecular weight excluding hydrogens is 437 g/mol. The van der Waals surface area contributed by atoms with E-state index in [2.05, 4.69) is 9.72 Å². The zero-order chi connectivity index (χ0) is 22.2. The summed E-state index contributed by atoms with van der Waals surface area (Å²) >= 11 is 1.25. The van der Waals surface area contributed by atoms with E-state index in [9.17, 15) is 28.1 Å². The Morgan fingerprint density at radius 1 is 1.10 bits per heavy atom. The van der Waals surface area contributed by atoms with Gasteiger partial charge < -0.3 is 14.5 Å². The number of rotatable bonds is 4. The van der Waals surface area contributed by atoms with E-state index in [-0.39, 0.29) is 17.3 Å². The van der Waals surface area contributed by atoms with Crippen molar-refractivity contribution in [2.24, 2.45) is 0 Å². The van der Waals surface area contributed by atoms with Crippen molar-refractivity contribution in [3.8, 4) is 5.75 Å². The zero-order valence-corrected chi connectivity index (χ0v) is 16.7. The minimum absolute atomic E-state index is 0.0824. The molecule has 0 aliphatic carbocycles. The van der Waals surface area contributed by atoms with Crippen LogP contribution in [-0.4, -0.2) is 53.3 Å². The van der Waals surface area contributed by atoms with Crippen LogP contribution in [0.25, 0.3) is 10.2 Å². The molecule has 3 aromatic rings. The SMILES string of the molecule is O=C(c1ccc([N+](=O)[O-])cc1)N1CCN(c2nc3ccc(OC(F)(F)F)cc3s2)CC1. The van der Waals surface area contributed by atoms with E-state index in [1.54, 1.807) is 4.90 Å². The number of amides is 1. The maximum Gasteiger partial charge on any atom is 0.573 e. The lowest BCUT2D eigenvalue weighted by atomic mass is 10.1. The number of piperazine rings is 1. The van der Waals surface area contributed by atoms with Crippen molar-refractivity contribution in [3.63, 3.8) is 0 Å². The van der Waals surface area contributed by atoms with Gasteiger partial charge in [-0.15, -0.1) is 13.2 Å². The molecule has 0 radical (unpaired) electrons. The largest absolute Gasteiger partial charge is 0.573 e. The molecule has 1 aromatic heterocycles. The fraction of sp³-hybridized carbons (Fsp3) is 0.263. The van der Waals surface area contributed by atoms with E-state index in [0.717, 1.165) is 0 Å². The molecule has 1 amide bonds. The summed E-state index contributed by atoms with van der Waals surface area (Å²) in [6.45, 7) is 1.86. The van der Waals surface area contributed by atoms with Gasteiger partial charge in [-0.25, -0.2) is 4.98 Å². The van der Waals surface area contributed by atoms with Crippen LogP contribution in [-0.2, 0) is 0 Å². The molecule has 4 rings (SSSR count). The highest BCUT2D eigenvalue weighted by Crippen LogP contribution is 2.33. The fourth-order valence-corrected chi connectivity index (χ4v) is 4.28. The number of non-ortho nitro benzene ring substituents is 1. The van der Waals surface area contributed by atoms with Crippen LogP contribution in [0.2, 0.25) is 0 Å². The predicted octanol–water partition coefficient (Wildman–Crippen LogP) is 4.07. The van der Waals surface area contributed by atoms with Crippen LogP contribution in [0.1, 0.15) is 10.4 Å². The summed E-state index contributed by atoms with van der Waals surface area (Å²) in [4.78, 5) is 30.9. The summed E-state index contributed by atoms with van der Waals surface area (Å²) < 4.78 is 41.8. The molecule has 8 nitrogen and oxygen atoms in total.